The van der Waals surface area contributed by atoms with Crippen molar-refractivity contribution in [1.29, 1.82) is 0 Å². The van der Waals surface area contributed by atoms with Crippen molar-refractivity contribution in [3.05, 3.63) is 42.0 Å². The second-order valence-electron chi connectivity index (χ2n) is 3.32. The van der Waals surface area contributed by atoms with Crippen LogP contribution in [0.3, 0.4) is 0 Å². The molecule has 0 spiro atoms. The van der Waals surface area contributed by atoms with Gasteiger partial charge in [0, 0.05) is 5.88 Å². The van der Waals surface area contributed by atoms with Gasteiger partial charge < -0.3 is 10.2 Å². The lowest BCUT2D eigenvalue weighted by molar-refractivity contribution is 0.0169. The minimum atomic E-state index is -0.905. The van der Waals surface area contributed by atoms with E-state index in [2.05, 4.69) is 6.58 Å². The fraction of sp³-hybridized carbons (Fsp3) is 0.333. The summed E-state index contributed by atoms with van der Waals surface area (Å²) in [6.45, 7) is 3.66. The average Bonchev–Trinajstić information content (AvgIpc) is 2.28. The number of hydrogen-bond acceptors (Lipinski definition) is 2. The van der Waals surface area contributed by atoms with Crippen LogP contribution in [0.25, 0.3) is 6.08 Å². The molecule has 2 atom stereocenters. The standard InChI is InChI=1S/C12H15ClO2/c1-2-9-5-3-4-6-10(9)12(15)11(14)7-8-13/h2-6,11-12,14-15H,1,7-8H2. The molecule has 2 N–H and O–H groups in total. The van der Waals surface area contributed by atoms with Crippen LogP contribution in [0.2, 0.25) is 0 Å². The summed E-state index contributed by atoms with van der Waals surface area (Å²) in [5, 5.41) is 19.5. The molecule has 0 radical (unpaired) electrons. The quantitative estimate of drug-likeness (QED) is 0.757. The third-order valence-corrected chi connectivity index (χ3v) is 2.52. The molecule has 0 aliphatic carbocycles. The first-order valence-electron chi connectivity index (χ1n) is 4.84. The van der Waals surface area contributed by atoms with Gasteiger partial charge in [0.25, 0.3) is 0 Å². The summed E-state index contributed by atoms with van der Waals surface area (Å²) in [4.78, 5) is 0. The topological polar surface area (TPSA) is 40.5 Å². The highest BCUT2D eigenvalue weighted by molar-refractivity contribution is 6.17. The Balaban J connectivity index is 2.89. The maximum atomic E-state index is 9.88. The van der Waals surface area contributed by atoms with Gasteiger partial charge in [-0.1, -0.05) is 36.9 Å². The molecule has 1 aromatic rings. The molecule has 1 aromatic carbocycles. The van der Waals surface area contributed by atoms with E-state index in [1.165, 1.54) is 0 Å². The molecule has 0 bridgehead atoms. The summed E-state index contributed by atoms with van der Waals surface area (Å²) in [7, 11) is 0. The molecule has 0 saturated heterocycles. The van der Waals surface area contributed by atoms with Crippen LogP contribution in [0.15, 0.2) is 30.8 Å². The fourth-order valence-corrected chi connectivity index (χ4v) is 1.67. The highest BCUT2D eigenvalue weighted by Crippen LogP contribution is 2.23. The monoisotopic (exact) mass is 226 g/mol. The number of aliphatic hydroxyl groups is 2. The molecule has 82 valence electrons. The van der Waals surface area contributed by atoms with E-state index in [0.29, 0.717) is 17.9 Å². The molecule has 15 heavy (non-hydrogen) atoms. The highest BCUT2D eigenvalue weighted by atomic mass is 35.5. The van der Waals surface area contributed by atoms with Crippen LogP contribution < -0.4 is 0 Å². The summed E-state index contributed by atoms with van der Waals surface area (Å²) in [6.07, 6.45) is 0.293. The summed E-state index contributed by atoms with van der Waals surface area (Å²) in [5.41, 5.74) is 1.52. The number of alkyl halides is 1. The van der Waals surface area contributed by atoms with Crippen LogP contribution in [-0.4, -0.2) is 22.2 Å². The van der Waals surface area contributed by atoms with E-state index >= 15 is 0 Å². The molecular formula is C12H15ClO2. The van der Waals surface area contributed by atoms with Gasteiger partial charge in [0.1, 0.15) is 6.10 Å². The Morgan fingerprint density at radius 1 is 1.33 bits per heavy atom. The minimum absolute atomic E-state index is 0.328. The fourth-order valence-electron chi connectivity index (χ4n) is 1.44. The van der Waals surface area contributed by atoms with Crippen molar-refractivity contribution >= 4 is 17.7 Å². The zero-order valence-corrected chi connectivity index (χ0v) is 9.19. The van der Waals surface area contributed by atoms with Gasteiger partial charge in [-0.15, -0.1) is 11.6 Å². The Hall–Kier alpha value is -0.830. The van der Waals surface area contributed by atoms with Crippen LogP contribution >= 0.6 is 11.6 Å². The van der Waals surface area contributed by atoms with E-state index in [4.69, 9.17) is 11.6 Å². The van der Waals surface area contributed by atoms with Gasteiger partial charge >= 0.3 is 0 Å². The first-order valence-corrected chi connectivity index (χ1v) is 5.37. The van der Waals surface area contributed by atoms with Gasteiger partial charge in [0.05, 0.1) is 6.10 Å². The van der Waals surface area contributed by atoms with Crippen molar-refractivity contribution in [3.63, 3.8) is 0 Å². The normalized spacial score (nSPS) is 14.6. The van der Waals surface area contributed by atoms with Gasteiger partial charge in [-0.2, -0.15) is 0 Å². The zero-order chi connectivity index (χ0) is 11.3. The van der Waals surface area contributed by atoms with Crippen molar-refractivity contribution in [2.75, 3.05) is 5.88 Å². The van der Waals surface area contributed by atoms with Crippen molar-refractivity contribution in [1.82, 2.24) is 0 Å². The average molecular weight is 227 g/mol. The smallest absolute Gasteiger partial charge is 0.105 e. The third-order valence-electron chi connectivity index (χ3n) is 2.30. The van der Waals surface area contributed by atoms with Gasteiger partial charge in [-0.05, 0) is 17.5 Å². The number of rotatable bonds is 5. The second kappa shape index (κ2) is 5.91. The Labute approximate surface area is 94.8 Å². The molecular weight excluding hydrogens is 212 g/mol. The Bertz CT molecular complexity index is 325. The lowest BCUT2D eigenvalue weighted by Crippen LogP contribution is -2.19. The molecule has 2 nitrogen and oxygen atoms in total. The number of benzene rings is 1. The van der Waals surface area contributed by atoms with Crippen LogP contribution in [-0.2, 0) is 0 Å². The lowest BCUT2D eigenvalue weighted by Gasteiger charge is -2.18. The molecule has 0 aliphatic rings. The summed E-state index contributed by atoms with van der Waals surface area (Å²) >= 11 is 5.51. The van der Waals surface area contributed by atoms with E-state index in [9.17, 15) is 10.2 Å². The highest BCUT2D eigenvalue weighted by Gasteiger charge is 2.19. The predicted molar refractivity (Wildman–Crippen MR) is 62.8 cm³/mol. The number of hydrogen-bond donors (Lipinski definition) is 2. The van der Waals surface area contributed by atoms with Crippen LogP contribution in [0.5, 0.6) is 0 Å². The largest absolute Gasteiger partial charge is 0.390 e. The maximum Gasteiger partial charge on any atom is 0.105 e. The SMILES string of the molecule is C=Cc1ccccc1C(O)C(O)CCCl. The van der Waals surface area contributed by atoms with E-state index in [-0.39, 0.29) is 0 Å². The molecule has 3 heteroatoms. The molecule has 0 aliphatic heterocycles. The van der Waals surface area contributed by atoms with E-state index in [1.807, 2.05) is 18.2 Å². The van der Waals surface area contributed by atoms with Crippen molar-refractivity contribution in [3.8, 4) is 0 Å². The Kier molecular flexibility index (Phi) is 4.82. The molecule has 0 amide bonds. The van der Waals surface area contributed by atoms with Crippen molar-refractivity contribution in [2.24, 2.45) is 0 Å². The van der Waals surface area contributed by atoms with Crippen LogP contribution in [0.1, 0.15) is 23.7 Å². The van der Waals surface area contributed by atoms with Gasteiger partial charge in [0.15, 0.2) is 0 Å². The van der Waals surface area contributed by atoms with E-state index in [0.717, 1.165) is 5.56 Å². The molecule has 1 rings (SSSR count). The van der Waals surface area contributed by atoms with E-state index < -0.39 is 12.2 Å². The molecule has 0 saturated carbocycles. The van der Waals surface area contributed by atoms with Crippen LogP contribution in [0.4, 0.5) is 0 Å². The van der Waals surface area contributed by atoms with Gasteiger partial charge in [0.2, 0.25) is 0 Å². The summed E-state index contributed by atoms with van der Waals surface area (Å²) in [6, 6.07) is 7.30. The van der Waals surface area contributed by atoms with Crippen molar-refractivity contribution < 1.29 is 10.2 Å². The lowest BCUT2D eigenvalue weighted by atomic mass is 9.97. The predicted octanol–water partition coefficient (Wildman–Crippen LogP) is 2.35. The molecule has 0 fully saturated rings. The maximum absolute atomic E-state index is 9.88. The molecule has 2 unspecified atom stereocenters. The van der Waals surface area contributed by atoms with Crippen LogP contribution in [0, 0.1) is 0 Å². The minimum Gasteiger partial charge on any atom is -0.390 e. The van der Waals surface area contributed by atoms with Gasteiger partial charge in [-0.25, -0.2) is 0 Å². The summed E-state index contributed by atoms with van der Waals surface area (Å²) in [5.74, 6) is 0.328. The Morgan fingerprint density at radius 3 is 2.60 bits per heavy atom. The first-order chi connectivity index (χ1) is 7.20. The summed E-state index contributed by atoms with van der Waals surface area (Å²) < 4.78 is 0. The third kappa shape index (κ3) is 3.06. The Morgan fingerprint density at radius 2 is 2.00 bits per heavy atom. The molecule has 0 aromatic heterocycles. The molecule has 0 heterocycles. The van der Waals surface area contributed by atoms with Crippen molar-refractivity contribution in [2.45, 2.75) is 18.6 Å². The zero-order valence-electron chi connectivity index (χ0n) is 8.44. The van der Waals surface area contributed by atoms with E-state index in [1.54, 1.807) is 12.1 Å². The number of aliphatic hydroxyl groups excluding tert-OH is 2. The second-order valence-corrected chi connectivity index (χ2v) is 3.70. The first kappa shape index (κ1) is 12.2. The van der Waals surface area contributed by atoms with Gasteiger partial charge in [-0.3, -0.25) is 0 Å². The number of halogens is 1.